The molecule has 2 rings (SSSR count). The molecule has 4 nitrogen and oxygen atoms in total. The van der Waals surface area contributed by atoms with Crippen LogP contribution in [0.3, 0.4) is 0 Å². The normalized spacial score (nSPS) is 12.8. The molecule has 0 saturated heterocycles. The maximum atomic E-state index is 12.1. The molecule has 0 aromatic heterocycles. The number of carbonyl (C=O) groups is 2. The molecule has 2 aromatic carbocycles. The summed E-state index contributed by atoms with van der Waals surface area (Å²) in [6.07, 6.45) is 3.12. The Kier molecular flexibility index (Phi) is 5.75. The summed E-state index contributed by atoms with van der Waals surface area (Å²) in [5.74, 6) is -0.963. The molecule has 0 radical (unpaired) electrons. The molecule has 2 amide bonds. The number of primary amides is 1. The lowest BCUT2D eigenvalue weighted by molar-refractivity contribution is -0.125. The van der Waals surface area contributed by atoms with Gasteiger partial charge in [-0.3, -0.25) is 9.59 Å². The zero-order chi connectivity index (χ0) is 18.4. The van der Waals surface area contributed by atoms with Gasteiger partial charge in [-0.2, -0.15) is 0 Å². The maximum absolute atomic E-state index is 12.1. The molecule has 0 aliphatic carbocycles. The van der Waals surface area contributed by atoms with E-state index in [2.05, 4.69) is 26.1 Å². The van der Waals surface area contributed by atoms with Crippen LogP contribution in [-0.2, 0) is 15.0 Å². The van der Waals surface area contributed by atoms with Gasteiger partial charge in [0.05, 0.1) is 0 Å². The van der Waals surface area contributed by atoms with Crippen molar-refractivity contribution in [2.24, 2.45) is 5.73 Å². The number of nitrogens with two attached hydrogens (primary N) is 1. The molecule has 2 aromatic rings. The molecule has 3 N–H and O–H groups in total. The monoisotopic (exact) mass is 336 g/mol. The number of amides is 2. The van der Waals surface area contributed by atoms with E-state index in [0.717, 1.165) is 5.56 Å². The van der Waals surface area contributed by atoms with Crippen molar-refractivity contribution in [3.63, 3.8) is 0 Å². The third-order valence-electron chi connectivity index (χ3n) is 3.91. The van der Waals surface area contributed by atoms with E-state index in [1.807, 2.05) is 30.3 Å². The Bertz CT molecular complexity index is 757. The van der Waals surface area contributed by atoms with Gasteiger partial charge in [0.2, 0.25) is 11.8 Å². The first-order chi connectivity index (χ1) is 11.8. The molecule has 25 heavy (non-hydrogen) atoms. The highest BCUT2D eigenvalue weighted by molar-refractivity contribution is 5.95. The van der Waals surface area contributed by atoms with Crippen LogP contribution in [-0.4, -0.2) is 11.8 Å². The molecular formula is C21H24N2O2. The summed E-state index contributed by atoms with van der Waals surface area (Å²) in [5.41, 5.74) is 8.29. The van der Waals surface area contributed by atoms with Crippen LogP contribution in [0.5, 0.6) is 0 Å². The second-order valence-corrected chi connectivity index (χ2v) is 6.96. The Morgan fingerprint density at radius 3 is 2.12 bits per heavy atom. The molecule has 1 unspecified atom stereocenters. The Morgan fingerprint density at radius 2 is 1.60 bits per heavy atom. The second kappa shape index (κ2) is 7.79. The predicted molar refractivity (Wildman–Crippen MR) is 101 cm³/mol. The highest BCUT2D eigenvalue weighted by Gasteiger charge is 2.18. The number of nitrogens with one attached hydrogen (secondary N) is 1. The van der Waals surface area contributed by atoms with E-state index in [1.54, 1.807) is 30.3 Å². The minimum Gasteiger partial charge on any atom is -0.368 e. The van der Waals surface area contributed by atoms with Gasteiger partial charge < -0.3 is 11.1 Å². The van der Waals surface area contributed by atoms with Gasteiger partial charge in [-0.25, -0.2) is 0 Å². The topological polar surface area (TPSA) is 72.2 Å². The first-order valence-corrected chi connectivity index (χ1v) is 8.21. The summed E-state index contributed by atoms with van der Waals surface area (Å²) >= 11 is 0. The van der Waals surface area contributed by atoms with Crippen molar-refractivity contribution >= 4 is 17.9 Å². The summed E-state index contributed by atoms with van der Waals surface area (Å²) in [6, 6.07) is 16.1. The van der Waals surface area contributed by atoms with Crippen LogP contribution in [0.4, 0.5) is 0 Å². The van der Waals surface area contributed by atoms with E-state index >= 15 is 0 Å². The fraction of sp³-hybridized carbons (Fsp3) is 0.238. The van der Waals surface area contributed by atoms with Crippen molar-refractivity contribution in [2.75, 3.05) is 0 Å². The van der Waals surface area contributed by atoms with E-state index in [0.29, 0.717) is 5.56 Å². The summed E-state index contributed by atoms with van der Waals surface area (Å²) in [4.78, 5) is 23.7. The maximum Gasteiger partial charge on any atom is 0.244 e. The van der Waals surface area contributed by atoms with Crippen molar-refractivity contribution in [3.05, 3.63) is 77.4 Å². The average molecular weight is 336 g/mol. The lowest BCUT2D eigenvalue weighted by Crippen LogP contribution is -2.36. The van der Waals surface area contributed by atoms with Gasteiger partial charge in [0, 0.05) is 6.08 Å². The zero-order valence-electron chi connectivity index (χ0n) is 14.8. The minimum absolute atomic E-state index is 0.0873. The van der Waals surface area contributed by atoms with E-state index in [9.17, 15) is 9.59 Å². The van der Waals surface area contributed by atoms with Gasteiger partial charge in [0.1, 0.15) is 6.04 Å². The molecule has 1 atom stereocenters. The van der Waals surface area contributed by atoms with Crippen molar-refractivity contribution in [3.8, 4) is 0 Å². The van der Waals surface area contributed by atoms with Gasteiger partial charge in [-0.15, -0.1) is 0 Å². The number of carbonyl (C=O) groups excluding carboxylic acids is 2. The number of hydrogen-bond donors (Lipinski definition) is 2. The van der Waals surface area contributed by atoms with Crippen LogP contribution in [0.1, 0.15) is 43.5 Å². The number of benzene rings is 2. The summed E-state index contributed by atoms with van der Waals surface area (Å²) < 4.78 is 0. The standard InChI is InChI=1S/C21H24N2O2/c1-21(2,3)17-12-9-15(10-13-17)11-14-18(24)23-19(20(22)25)16-7-5-4-6-8-16/h4-14,19H,1-3H3,(H2,22,25)(H,23,24)/b14-11+. The molecule has 0 heterocycles. The van der Waals surface area contributed by atoms with Gasteiger partial charge >= 0.3 is 0 Å². The molecule has 0 fully saturated rings. The molecule has 0 bridgehead atoms. The highest BCUT2D eigenvalue weighted by atomic mass is 16.2. The molecule has 0 aliphatic rings. The fourth-order valence-corrected chi connectivity index (χ4v) is 2.42. The van der Waals surface area contributed by atoms with Crippen LogP contribution in [0.2, 0.25) is 0 Å². The zero-order valence-corrected chi connectivity index (χ0v) is 14.8. The van der Waals surface area contributed by atoms with Crippen molar-refractivity contribution in [1.82, 2.24) is 5.32 Å². The van der Waals surface area contributed by atoms with Crippen molar-refractivity contribution in [1.29, 1.82) is 0 Å². The largest absolute Gasteiger partial charge is 0.368 e. The van der Waals surface area contributed by atoms with E-state index in [-0.39, 0.29) is 11.3 Å². The number of rotatable bonds is 5. The quantitative estimate of drug-likeness (QED) is 0.822. The van der Waals surface area contributed by atoms with E-state index < -0.39 is 11.9 Å². The second-order valence-electron chi connectivity index (χ2n) is 6.96. The molecule has 0 spiro atoms. The van der Waals surface area contributed by atoms with Crippen LogP contribution in [0.25, 0.3) is 6.08 Å². The van der Waals surface area contributed by atoms with Crippen LogP contribution >= 0.6 is 0 Å². The minimum atomic E-state index is -0.846. The van der Waals surface area contributed by atoms with Crippen LogP contribution in [0.15, 0.2) is 60.7 Å². The van der Waals surface area contributed by atoms with E-state index in [1.165, 1.54) is 11.6 Å². The lowest BCUT2D eigenvalue weighted by Gasteiger charge is -2.18. The SMILES string of the molecule is CC(C)(C)c1ccc(/C=C/C(=O)NC(C(N)=O)c2ccccc2)cc1. The third kappa shape index (κ3) is 5.31. The molecule has 0 saturated carbocycles. The summed E-state index contributed by atoms with van der Waals surface area (Å²) in [5, 5.41) is 2.64. The fourth-order valence-electron chi connectivity index (χ4n) is 2.42. The first kappa shape index (κ1) is 18.5. The Hall–Kier alpha value is -2.88. The van der Waals surface area contributed by atoms with Gasteiger partial charge in [0.25, 0.3) is 0 Å². The molecule has 0 aliphatic heterocycles. The highest BCUT2D eigenvalue weighted by Crippen LogP contribution is 2.22. The smallest absolute Gasteiger partial charge is 0.244 e. The molecule has 130 valence electrons. The van der Waals surface area contributed by atoms with Gasteiger partial charge in [0.15, 0.2) is 0 Å². The summed E-state index contributed by atoms with van der Waals surface area (Å²) in [6.45, 7) is 6.45. The predicted octanol–water partition coefficient (Wildman–Crippen LogP) is 3.34. The van der Waals surface area contributed by atoms with Crippen molar-refractivity contribution in [2.45, 2.75) is 32.2 Å². The third-order valence-corrected chi connectivity index (χ3v) is 3.91. The number of hydrogen-bond acceptors (Lipinski definition) is 2. The Balaban J connectivity index is 2.05. The lowest BCUT2D eigenvalue weighted by atomic mass is 9.87. The van der Waals surface area contributed by atoms with Crippen LogP contribution < -0.4 is 11.1 Å². The molecule has 4 heteroatoms. The summed E-state index contributed by atoms with van der Waals surface area (Å²) in [7, 11) is 0. The van der Waals surface area contributed by atoms with Crippen molar-refractivity contribution < 1.29 is 9.59 Å². The Labute approximate surface area is 148 Å². The van der Waals surface area contributed by atoms with Gasteiger partial charge in [-0.05, 0) is 28.2 Å². The molecular weight excluding hydrogens is 312 g/mol. The first-order valence-electron chi connectivity index (χ1n) is 8.21. The van der Waals surface area contributed by atoms with E-state index in [4.69, 9.17) is 5.73 Å². The van der Waals surface area contributed by atoms with Gasteiger partial charge in [-0.1, -0.05) is 75.4 Å². The Morgan fingerprint density at radius 1 is 1.00 bits per heavy atom. The van der Waals surface area contributed by atoms with Crippen LogP contribution in [0, 0.1) is 0 Å². The average Bonchev–Trinajstić information content (AvgIpc) is 2.58.